The van der Waals surface area contributed by atoms with Crippen LogP contribution in [-0.2, 0) is 14.3 Å². The van der Waals surface area contributed by atoms with E-state index in [1.807, 2.05) is 0 Å². The fourth-order valence-electron chi connectivity index (χ4n) is 1.64. The zero-order valence-electron chi connectivity index (χ0n) is 8.70. The fraction of sp³-hybridized carbons (Fsp3) is 0.900. The zero-order valence-corrected chi connectivity index (χ0v) is 8.70. The smallest absolute Gasteiger partial charge is 0.332 e. The molecule has 0 aliphatic heterocycles. The molecule has 14 heavy (non-hydrogen) atoms. The van der Waals surface area contributed by atoms with Gasteiger partial charge in [-0.2, -0.15) is 0 Å². The van der Waals surface area contributed by atoms with Crippen LogP contribution < -0.4 is 5.73 Å². The van der Waals surface area contributed by atoms with E-state index in [0.717, 1.165) is 25.7 Å². The van der Waals surface area contributed by atoms with E-state index in [1.54, 1.807) is 6.92 Å². The van der Waals surface area contributed by atoms with E-state index in [-0.39, 0.29) is 18.7 Å². The Hall–Kier alpha value is -0.610. The first-order valence-electron chi connectivity index (χ1n) is 5.25. The molecule has 0 saturated heterocycles. The molecule has 0 atom stereocenters. The number of hydrogen-bond donors (Lipinski definition) is 1. The fourth-order valence-corrected chi connectivity index (χ4v) is 1.64. The Balaban J connectivity index is 2.09. The highest BCUT2D eigenvalue weighted by atomic mass is 16.6. The largest absolute Gasteiger partial charge is 0.464 e. The van der Waals surface area contributed by atoms with Gasteiger partial charge in [-0.3, -0.25) is 0 Å². The van der Waals surface area contributed by atoms with Crippen molar-refractivity contribution in [2.45, 2.75) is 44.8 Å². The molecular formula is C10H19NO3. The van der Waals surface area contributed by atoms with Gasteiger partial charge in [0, 0.05) is 6.04 Å². The molecule has 1 saturated carbocycles. The van der Waals surface area contributed by atoms with Crippen LogP contribution in [0.25, 0.3) is 0 Å². The molecule has 1 aliphatic rings. The molecule has 0 aromatic rings. The van der Waals surface area contributed by atoms with E-state index >= 15 is 0 Å². The number of rotatable bonds is 4. The normalized spacial score (nSPS) is 27.3. The lowest BCUT2D eigenvalue weighted by atomic mass is 9.94. The maximum atomic E-state index is 11.0. The number of carbonyl (C=O) groups is 1. The summed E-state index contributed by atoms with van der Waals surface area (Å²) in [5.41, 5.74) is 5.75. The van der Waals surface area contributed by atoms with Crippen LogP contribution in [0.2, 0.25) is 0 Å². The highest BCUT2D eigenvalue weighted by molar-refractivity contribution is 5.70. The van der Waals surface area contributed by atoms with Gasteiger partial charge in [-0.05, 0) is 32.6 Å². The molecule has 1 fully saturated rings. The van der Waals surface area contributed by atoms with Crippen LogP contribution in [0.3, 0.4) is 0 Å². The summed E-state index contributed by atoms with van der Waals surface area (Å²) in [6.45, 7) is 2.28. The molecule has 1 aliphatic carbocycles. The van der Waals surface area contributed by atoms with E-state index in [4.69, 9.17) is 15.2 Å². The SMILES string of the molecule is CCOC(=O)CO[C@H]1CC[C@H](N)CC1. The number of carbonyl (C=O) groups excluding carboxylic acids is 1. The van der Waals surface area contributed by atoms with Crippen molar-refractivity contribution in [2.75, 3.05) is 13.2 Å². The first-order chi connectivity index (χ1) is 6.72. The molecule has 0 aromatic heterocycles. The maximum absolute atomic E-state index is 11.0. The van der Waals surface area contributed by atoms with Gasteiger partial charge in [0.25, 0.3) is 0 Å². The van der Waals surface area contributed by atoms with Crippen LogP contribution in [0.1, 0.15) is 32.6 Å². The second-order valence-electron chi connectivity index (χ2n) is 3.65. The highest BCUT2D eigenvalue weighted by Crippen LogP contribution is 2.19. The quantitative estimate of drug-likeness (QED) is 0.684. The van der Waals surface area contributed by atoms with E-state index in [0.29, 0.717) is 12.6 Å². The summed E-state index contributed by atoms with van der Waals surface area (Å²) in [6.07, 6.45) is 4.10. The Morgan fingerprint density at radius 1 is 1.36 bits per heavy atom. The predicted molar refractivity (Wildman–Crippen MR) is 52.8 cm³/mol. The van der Waals surface area contributed by atoms with Crippen molar-refractivity contribution in [1.82, 2.24) is 0 Å². The average Bonchev–Trinajstić information content (AvgIpc) is 2.17. The van der Waals surface area contributed by atoms with Crippen molar-refractivity contribution in [3.05, 3.63) is 0 Å². The molecule has 82 valence electrons. The van der Waals surface area contributed by atoms with Crippen LogP contribution >= 0.6 is 0 Å². The third kappa shape index (κ3) is 4.07. The second-order valence-corrected chi connectivity index (χ2v) is 3.65. The molecule has 0 amide bonds. The Bertz CT molecular complexity index is 176. The molecule has 0 aromatic carbocycles. The van der Waals surface area contributed by atoms with E-state index < -0.39 is 0 Å². The minimum absolute atomic E-state index is 0.0771. The second kappa shape index (κ2) is 5.98. The monoisotopic (exact) mass is 201 g/mol. The molecule has 2 N–H and O–H groups in total. The third-order valence-corrected chi connectivity index (χ3v) is 2.46. The van der Waals surface area contributed by atoms with Crippen molar-refractivity contribution in [1.29, 1.82) is 0 Å². The first kappa shape index (κ1) is 11.5. The zero-order chi connectivity index (χ0) is 10.4. The van der Waals surface area contributed by atoms with Crippen LogP contribution in [0.5, 0.6) is 0 Å². The minimum atomic E-state index is -0.276. The molecule has 0 heterocycles. The van der Waals surface area contributed by atoms with E-state index in [2.05, 4.69) is 0 Å². The maximum Gasteiger partial charge on any atom is 0.332 e. The lowest BCUT2D eigenvalue weighted by Gasteiger charge is -2.25. The summed E-state index contributed by atoms with van der Waals surface area (Å²) >= 11 is 0. The van der Waals surface area contributed by atoms with Crippen LogP contribution in [-0.4, -0.2) is 31.3 Å². The standard InChI is InChI=1S/C10H19NO3/c1-2-13-10(12)7-14-9-5-3-8(11)4-6-9/h8-9H,2-7,11H2,1H3/t8-,9-. The van der Waals surface area contributed by atoms with Crippen molar-refractivity contribution < 1.29 is 14.3 Å². The summed E-state index contributed by atoms with van der Waals surface area (Å²) in [6, 6.07) is 0.317. The summed E-state index contributed by atoms with van der Waals surface area (Å²) in [7, 11) is 0. The molecular weight excluding hydrogens is 182 g/mol. The summed E-state index contributed by atoms with van der Waals surface area (Å²) in [4.78, 5) is 11.0. The predicted octanol–water partition coefficient (Wildman–Crippen LogP) is 0.836. The third-order valence-electron chi connectivity index (χ3n) is 2.46. The van der Waals surface area contributed by atoms with Crippen LogP contribution in [0.4, 0.5) is 0 Å². The Kier molecular flexibility index (Phi) is 4.90. The summed E-state index contributed by atoms with van der Waals surface area (Å²) in [5.74, 6) is -0.276. The van der Waals surface area contributed by atoms with Gasteiger partial charge in [0.05, 0.1) is 12.7 Å². The van der Waals surface area contributed by atoms with Crippen LogP contribution in [0.15, 0.2) is 0 Å². The lowest BCUT2D eigenvalue weighted by molar-refractivity contribution is -0.151. The molecule has 4 heteroatoms. The molecule has 0 radical (unpaired) electrons. The van der Waals surface area contributed by atoms with Crippen molar-refractivity contribution >= 4 is 5.97 Å². The Morgan fingerprint density at radius 3 is 2.57 bits per heavy atom. The topological polar surface area (TPSA) is 61.5 Å². The highest BCUT2D eigenvalue weighted by Gasteiger charge is 2.19. The summed E-state index contributed by atoms with van der Waals surface area (Å²) in [5, 5.41) is 0. The van der Waals surface area contributed by atoms with Crippen molar-refractivity contribution in [3.63, 3.8) is 0 Å². The Labute approximate surface area is 84.7 Å². The van der Waals surface area contributed by atoms with Gasteiger partial charge in [-0.25, -0.2) is 4.79 Å². The van der Waals surface area contributed by atoms with Crippen molar-refractivity contribution in [2.24, 2.45) is 5.73 Å². The molecule has 0 spiro atoms. The lowest BCUT2D eigenvalue weighted by Crippen LogP contribution is -2.31. The van der Waals surface area contributed by atoms with Gasteiger partial charge in [0.15, 0.2) is 0 Å². The van der Waals surface area contributed by atoms with Crippen LogP contribution in [0, 0.1) is 0 Å². The van der Waals surface area contributed by atoms with Gasteiger partial charge in [0.2, 0.25) is 0 Å². The Morgan fingerprint density at radius 2 is 2.00 bits per heavy atom. The van der Waals surface area contributed by atoms with Gasteiger partial charge in [-0.1, -0.05) is 0 Å². The minimum Gasteiger partial charge on any atom is -0.464 e. The van der Waals surface area contributed by atoms with Gasteiger partial charge in [0.1, 0.15) is 6.61 Å². The molecule has 0 unspecified atom stereocenters. The van der Waals surface area contributed by atoms with E-state index in [1.165, 1.54) is 0 Å². The number of hydrogen-bond acceptors (Lipinski definition) is 4. The average molecular weight is 201 g/mol. The first-order valence-corrected chi connectivity index (χ1v) is 5.25. The summed E-state index contributed by atoms with van der Waals surface area (Å²) < 4.78 is 10.2. The number of esters is 1. The van der Waals surface area contributed by atoms with Gasteiger partial charge >= 0.3 is 5.97 Å². The van der Waals surface area contributed by atoms with Crippen molar-refractivity contribution in [3.8, 4) is 0 Å². The number of ether oxygens (including phenoxy) is 2. The number of nitrogens with two attached hydrogens (primary N) is 1. The molecule has 1 rings (SSSR count). The molecule has 4 nitrogen and oxygen atoms in total. The van der Waals surface area contributed by atoms with Gasteiger partial charge in [-0.15, -0.1) is 0 Å². The van der Waals surface area contributed by atoms with Gasteiger partial charge < -0.3 is 15.2 Å². The molecule has 0 bridgehead atoms. The van der Waals surface area contributed by atoms with E-state index in [9.17, 15) is 4.79 Å².